The summed E-state index contributed by atoms with van der Waals surface area (Å²) in [6.45, 7) is 4.61. The van der Waals surface area contributed by atoms with Gasteiger partial charge in [-0.15, -0.1) is 0 Å². The molecule has 1 saturated carbocycles. The van der Waals surface area contributed by atoms with Crippen LogP contribution in [0.15, 0.2) is 18.2 Å². The Morgan fingerprint density at radius 3 is 2.71 bits per heavy atom. The second-order valence-corrected chi connectivity index (χ2v) is 5.85. The first-order valence-corrected chi connectivity index (χ1v) is 7.16. The smallest absolute Gasteiger partial charge is 0.254 e. The predicted octanol–water partition coefficient (Wildman–Crippen LogP) is 2.34. The molecule has 2 N–H and O–H groups in total. The zero-order valence-corrected chi connectivity index (χ0v) is 12.4. The Labute approximate surface area is 124 Å². The minimum atomic E-state index is -0.591. The highest BCUT2D eigenvalue weighted by Gasteiger charge is 2.45. The molecule has 0 unspecified atom stereocenters. The summed E-state index contributed by atoms with van der Waals surface area (Å²) in [5, 5.41) is 11.4. The van der Waals surface area contributed by atoms with E-state index in [2.05, 4.69) is 31.0 Å². The molecular weight excluding hydrogens is 269 g/mol. The lowest BCUT2D eigenvalue weighted by molar-refractivity contribution is 0.0935. The van der Waals surface area contributed by atoms with E-state index < -0.39 is 5.82 Å². The van der Waals surface area contributed by atoms with Crippen LogP contribution in [0.4, 0.5) is 4.39 Å². The summed E-state index contributed by atoms with van der Waals surface area (Å²) in [6.07, 6.45) is 2.23. The number of benzene rings is 1. The van der Waals surface area contributed by atoms with Crippen LogP contribution in [0.3, 0.4) is 0 Å². The molecule has 1 fully saturated rings. The minimum absolute atomic E-state index is 0.0316. The molecule has 0 heterocycles. The van der Waals surface area contributed by atoms with Crippen molar-refractivity contribution < 1.29 is 14.3 Å². The molecule has 0 atom stereocenters. The van der Waals surface area contributed by atoms with Crippen molar-refractivity contribution in [2.24, 2.45) is 11.3 Å². The third kappa shape index (κ3) is 3.62. The summed E-state index contributed by atoms with van der Waals surface area (Å²) >= 11 is 0. The van der Waals surface area contributed by atoms with Gasteiger partial charge in [-0.25, -0.2) is 4.39 Å². The zero-order valence-electron chi connectivity index (χ0n) is 12.4. The fourth-order valence-corrected chi connectivity index (χ4v) is 2.39. The third-order valence-electron chi connectivity index (χ3n) is 4.24. The van der Waals surface area contributed by atoms with Gasteiger partial charge in [0.25, 0.3) is 5.91 Å². The van der Waals surface area contributed by atoms with Gasteiger partial charge in [-0.3, -0.25) is 4.79 Å². The molecule has 1 aromatic carbocycles. The number of aliphatic hydroxyl groups is 1. The molecule has 0 aliphatic heterocycles. The Bertz CT molecular complexity index is 595. The van der Waals surface area contributed by atoms with Crippen LogP contribution in [0.1, 0.15) is 42.6 Å². The maximum absolute atomic E-state index is 13.9. The number of hydrogen-bond donors (Lipinski definition) is 2. The van der Waals surface area contributed by atoms with E-state index >= 15 is 0 Å². The average Bonchev–Trinajstić information content (AvgIpc) is 3.24. The van der Waals surface area contributed by atoms with Gasteiger partial charge in [0, 0.05) is 12.1 Å². The highest BCUT2D eigenvalue weighted by atomic mass is 19.1. The first-order chi connectivity index (χ1) is 9.98. The standard InChI is InChI=1S/C17H20FNO2/c1-12(2)17(7-8-17)11-19-16(21)14-6-5-13(4-3-9-20)10-15(14)18/h5-6,10,12,20H,7-9,11H2,1-2H3,(H,19,21). The first kappa shape index (κ1) is 15.5. The summed E-state index contributed by atoms with van der Waals surface area (Å²) in [6, 6.07) is 4.23. The molecule has 0 aromatic heterocycles. The van der Waals surface area contributed by atoms with E-state index in [1.165, 1.54) is 12.1 Å². The number of halogens is 1. The van der Waals surface area contributed by atoms with Gasteiger partial charge in [-0.2, -0.15) is 0 Å². The van der Waals surface area contributed by atoms with Gasteiger partial charge in [0.05, 0.1) is 5.56 Å². The van der Waals surface area contributed by atoms with E-state index in [-0.39, 0.29) is 23.5 Å². The Hall–Kier alpha value is -1.86. The van der Waals surface area contributed by atoms with Gasteiger partial charge in [0.1, 0.15) is 12.4 Å². The van der Waals surface area contributed by atoms with Crippen molar-refractivity contribution >= 4 is 5.91 Å². The lowest BCUT2D eigenvalue weighted by Gasteiger charge is -2.20. The SMILES string of the molecule is CC(C)C1(CNC(=O)c2ccc(C#CCO)cc2F)CC1. The van der Waals surface area contributed by atoms with Crippen LogP contribution in [0, 0.1) is 29.0 Å². The number of carbonyl (C=O) groups is 1. The van der Waals surface area contributed by atoms with Crippen molar-refractivity contribution in [3.8, 4) is 11.8 Å². The van der Waals surface area contributed by atoms with Crippen molar-refractivity contribution in [1.82, 2.24) is 5.32 Å². The molecule has 2 rings (SSSR count). The first-order valence-electron chi connectivity index (χ1n) is 7.16. The average molecular weight is 289 g/mol. The van der Waals surface area contributed by atoms with Gasteiger partial charge in [0.2, 0.25) is 0 Å². The van der Waals surface area contributed by atoms with E-state index in [1.807, 2.05) is 0 Å². The maximum atomic E-state index is 13.9. The molecule has 1 amide bonds. The number of nitrogens with one attached hydrogen (secondary N) is 1. The Kier molecular flexibility index (Phi) is 4.64. The Morgan fingerprint density at radius 1 is 1.48 bits per heavy atom. The topological polar surface area (TPSA) is 49.3 Å². The maximum Gasteiger partial charge on any atom is 0.254 e. The number of rotatable bonds is 4. The number of hydrogen-bond acceptors (Lipinski definition) is 2. The molecule has 4 heteroatoms. The number of aliphatic hydroxyl groups excluding tert-OH is 1. The Morgan fingerprint density at radius 2 is 2.19 bits per heavy atom. The quantitative estimate of drug-likeness (QED) is 0.836. The lowest BCUT2D eigenvalue weighted by atomic mass is 9.92. The highest BCUT2D eigenvalue weighted by Crippen LogP contribution is 2.51. The van der Waals surface area contributed by atoms with E-state index in [0.29, 0.717) is 18.0 Å². The fraction of sp³-hybridized carbons (Fsp3) is 0.471. The largest absolute Gasteiger partial charge is 0.384 e. The van der Waals surface area contributed by atoms with Crippen LogP contribution in [0.25, 0.3) is 0 Å². The van der Waals surface area contributed by atoms with Gasteiger partial charge in [0.15, 0.2) is 0 Å². The lowest BCUT2D eigenvalue weighted by Crippen LogP contribution is -2.33. The van der Waals surface area contributed by atoms with Crippen molar-refractivity contribution in [2.75, 3.05) is 13.2 Å². The zero-order chi connectivity index (χ0) is 15.5. The Balaban J connectivity index is 2.03. The second kappa shape index (κ2) is 6.28. The van der Waals surface area contributed by atoms with Gasteiger partial charge >= 0.3 is 0 Å². The van der Waals surface area contributed by atoms with E-state index in [4.69, 9.17) is 5.11 Å². The van der Waals surface area contributed by atoms with E-state index in [9.17, 15) is 9.18 Å². The molecule has 0 bridgehead atoms. The normalized spacial score (nSPS) is 15.3. The third-order valence-corrected chi connectivity index (χ3v) is 4.24. The van der Waals surface area contributed by atoms with Crippen LogP contribution in [0.5, 0.6) is 0 Å². The monoisotopic (exact) mass is 289 g/mol. The van der Waals surface area contributed by atoms with Gasteiger partial charge in [-0.1, -0.05) is 25.7 Å². The van der Waals surface area contributed by atoms with Gasteiger partial charge < -0.3 is 10.4 Å². The molecule has 0 saturated heterocycles. The molecule has 3 nitrogen and oxygen atoms in total. The summed E-state index contributed by atoms with van der Waals surface area (Å²) in [4.78, 5) is 12.1. The van der Waals surface area contributed by atoms with E-state index in [0.717, 1.165) is 12.8 Å². The van der Waals surface area contributed by atoms with Crippen LogP contribution in [0.2, 0.25) is 0 Å². The van der Waals surface area contributed by atoms with Crippen LogP contribution in [-0.4, -0.2) is 24.2 Å². The van der Waals surface area contributed by atoms with Crippen LogP contribution in [-0.2, 0) is 0 Å². The summed E-state index contributed by atoms with van der Waals surface area (Å²) < 4.78 is 13.9. The van der Waals surface area contributed by atoms with E-state index in [1.54, 1.807) is 6.07 Å². The number of amides is 1. The summed E-state index contributed by atoms with van der Waals surface area (Å²) in [7, 11) is 0. The summed E-state index contributed by atoms with van der Waals surface area (Å²) in [5.74, 6) is 4.59. The molecule has 0 spiro atoms. The minimum Gasteiger partial charge on any atom is -0.384 e. The second-order valence-electron chi connectivity index (χ2n) is 5.85. The number of carbonyl (C=O) groups excluding carboxylic acids is 1. The molecule has 0 radical (unpaired) electrons. The van der Waals surface area contributed by atoms with Crippen molar-refractivity contribution in [3.05, 3.63) is 35.1 Å². The molecule has 1 aliphatic rings. The van der Waals surface area contributed by atoms with Crippen molar-refractivity contribution in [1.29, 1.82) is 0 Å². The molecule has 1 aliphatic carbocycles. The van der Waals surface area contributed by atoms with Crippen LogP contribution < -0.4 is 5.32 Å². The van der Waals surface area contributed by atoms with Crippen molar-refractivity contribution in [2.45, 2.75) is 26.7 Å². The predicted molar refractivity (Wildman–Crippen MR) is 79.2 cm³/mol. The molecule has 21 heavy (non-hydrogen) atoms. The molecule has 112 valence electrons. The fourth-order valence-electron chi connectivity index (χ4n) is 2.39. The van der Waals surface area contributed by atoms with Crippen LogP contribution >= 0.6 is 0 Å². The molecule has 1 aromatic rings. The van der Waals surface area contributed by atoms with Crippen molar-refractivity contribution in [3.63, 3.8) is 0 Å². The van der Waals surface area contributed by atoms with Gasteiger partial charge in [-0.05, 0) is 42.4 Å². The molecular formula is C17H20FNO2. The highest BCUT2D eigenvalue weighted by molar-refractivity contribution is 5.94. The summed E-state index contributed by atoms with van der Waals surface area (Å²) in [5.41, 5.74) is 0.668.